The Kier molecular flexibility index (Phi) is 4.96. The Morgan fingerprint density at radius 2 is 1.90 bits per heavy atom. The molecule has 4 aromatic rings. The van der Waals surface area contributed by atoms with Crippen molar-refractivity contribution >= 4 is 44.2 Å². The molecular formula is C22H17BrN4O2S. The molecule has 1 atom stereocenters. The largest absolute Gasteiger partial charge is 0.496 e. The number of benzene rings is 3. The molecule has 8 heteroatoms. The number of fused-ring (bicyclic) bond motifs is 4. The second-order valence-corrected chi connectivity index (χ2v) is 8.38. The standard InChI is InChI=1S/C22H17BrN4O2S/c1-28-18-10-8-15(13-5-3-4-6-14(13)18)20-24-17-9-7-12(23)11-16(17)19-21(29-20)25-22(30-2)27-26-19/h3-11,20,24H,1-2H3/t20-/m1/s1. The highest BCUT2D eigenvalue weighted by molar-refractivity contribution is 9.10. The Morgan fingerprint density at radius 3 is 2.70 bits per heavy atom. The first kappa shape index (κ1) is 19.1. The number of hydrogen-bond donors (Lipinski definition) is 1. The summed E-state index contributed by atoms with van der Waals surface area (Å²) in [7, 11) is 1.68. The quantitative estimate of drug-likeness (QED) is 0.377. The third kappa shape index (κ3) is 3.26. The van der Waals surface area contributed by atoms with Gasteiger partial charge in [-0.3, -0.25) is 0 Å². The molecule has 1 N–H and O–H groups in total. The van der Waals surface area contributed by atoms with Crippen LogP contribution in [0, 0.1) is 0 Å². The molecule has 0 bridgehead atoms. The Bertz CT molecular complexity index is 1270. The van der Waals surface area contributed by atoms with Gasteiger partial charge in [0.05, 0.1) is 7.11 Å². The van der Waals surface area contributed by atoms with Gasteiger partial charge in [-0.15, -0.1) is 10.2 Å². The van der Waals surface area contributed by atoms with Crippen LogP contribution in [0.3, 0.4) is 0 Å². The number of halogens is 1. The van der Waals surface area contributed by atoms with Gasteiger partial charge in [0.15, 0.2) is 11.9 Å². The fraction of sp³-hybridized carbons (Fsp3) is 0.136. The molecule has 0 radical (unpaired) electrons. The zero-order valence-electron chi connectivity index (χ0n) is 16.2. The summed E-state index contributed by atoms with van der Waals surface area (Å²) >= 11 is 4.98. The van der Waals surface area contributed by atoms with Crippen molar-refractivity contribution in [2.75, 3.05) is 18.7 Å². The highest BCUT2D eigenvalue weighted by atomic mass is 79.9. The molecule has 1 aromatic heterocycles. The van der Waals surface area contributed by atoms with E-state index in [0.717, 1.165) is 37.8 Å². The van der Waals surface area contributed by atoms with Crippen molar-refractivity contribution in [3.05, 3.63) is 64.6 Å². The summed E-state index contributed by atoms with van der Waals surface area (Å²) in [6.45, 7) is 0. The van der Waals surface area contributed by atoms with Gasteiger partial charge in [0.1, 0.15) is 5.75 Å². The van der Waals surface area contributed by atoms with E-state index >= 15 is 0 Å². The molecule has 3 aromatic carbocycles. The van der Waals surface area contributed by atoms with Crippen LogP contribution in [0.2, 0.25) is 0 Å². The molecule has 5 rings (SSSR count). The lowest BCUT2D eigenvalue weighted by molar-refractivity contribution is 0.226. The normalized spacial score (nSPS) is 14.8. The van der Waals surface area contributed by atoms with Gasteiger partial charge in [0.25, 0.3) is 0 Å². The van der Waals surface area contributed by atoms with Crippen molar-refractivity contribution < 1.29 is 9.47 Å². The van der Waals surface area contributed by atoms with Gasteiger partial charge in [0, 0.05) is 26.7 Å². The smallest absolute Gasteiger partial charge is 0.247 e. The van der Waals surface area contributed by atoms with Crippen molar-refractivity contribution in [1.82, 2.24) is 15.2 Å². The summed E-state index contributed by atoms with van der Waals surface area (Å²) in [4.78, 5) is 4.60. The fourth-order valence-corrected chi connectivity index (χ4v) is 4.26. The Hall–Kier alpha value is -2.84. The molecule has 2 heterocycles. The van der Waals surface area contributed by atoms with Gasteiger partial charge < -0.3 is 14.8 Å². The third-order valence-electron chi connectivity index (χ3n) is 4.99. The fourth-order valence-electron chi connectivity index (χ4n) is 3.60. The van der Waals surface area contributed by atoms with Gasteiger partial charge >= 0.3 is 0 Å². The number of nitrogens with one attached hydrogen (secondary N) is 1. The maximum atomic E-state index is 6.40. The van der Waals surface area contributed by atoms with E-state index < -0.39 is 6.23 Å². The molecule has 6 nitrogen and oxygen atoms in total. The van der Waals surface area contributed by atoms with Gasteiger partial charge in [-0.05, 0) is 42.0 Å². The zero-order chi connectivity index (χ0) is 20.7. The maximum Gasteiger partial charge on any atom is 0.247 e. The highest BCUT2D eigenvalue weighted by Crippen LogP contribution is 2.42. The molecule has 0 amide bonds. The molecule has 30 heavy (non-hydrogen) atoms. The molecule has 150 valence electrons. The van der Waals surface area contributed by atoms with E-state index in [1.54, 1.807) is 7.11 Å². The molecule has 0 unspecified atom stereocenters. The summed E-state index contributed by atoms with van der Waals surface area (Å²) in [6.07, 6.45) is 1.45. The van der Waals surface area contributed by atoms with E-state index in [9.17, 15) is 0 Å². The van der Waals surface area contributed by atoms with Crippen LogP contribution in [0.15, 0.2) is 64.2 Å². The highest BCUT2D eigenvalue weighted by Gasteiger charge is 2.27. The average Bonchev–Trinajstić information content (AvgIpc) is 2.94. The molecule has 0 spiro atoms. The van der Waals surface area contributed by atoms with E-state index in [0.29, 0.717) is 16.7 Å². The number of hydrogen-bond acceptors (Lipinski definition) is 7. The lowest BCUT2D eigenvalue weighted by Crippen LogP contribution is -2.17. The van der Waals surface area contributed by atoms with Crippen LogP contribution in [0.4, 0.5) is 5.69 Å². The minimum Gasteiger partial charge on any atom is -0.496 e. The first-order valence-electron chi connectivity index (χ1n) is 9.25. The second kappa shape index (κ2) is 7.77. The predicted octanol–water partition coefficient (Wildman–Crippen LogP) is 5.69. The Morgan fingerprint density at radius 1 is 1.07 bits per heavy atom. The van der Waals surface area contributed by atoms with Crippen LogP contribution >= 0.6 is 27.7 Å². The lowest BCUT2D eigenvalue weighted by atomic mass is 10.0. The number of aromatic nitrogens is 3. The summed E-state index contributed by atoms with van der Waals surface area (Å²) < 4.78 is 12.9. The number of anilines is 1. The van der Waals surface area contributed by atoms with Crippen LogP contribution in [0.5, 0.6) is 11.6 Å². The van der Waals surface area contributed by atoms with Gasteiger partial charge in [-0.2, -0.15) is 4.98 Å². The van der Waals surface area contributed by atoms with E-state index in [1.807, 2.05) is 54.8 Å². The predicted molar refractivity (Wildman–Crippen MR) is 122 cm³/mol. The van der Waals surface area contributed by atoms with Crippen LogP contribution < -0.4 is 14.8 Å². The van der Waals surface area contributed by atoms with Gasteiger partial charge in [-0.25, -0.2) is 0 Å². The van der Waals surface area contributed by atoms with E-state index in [-0.39, 0.29) is 0 Å². The Labute approximate surface area is 186 Å². The van der Waals surface area contributed by atoms with E-state index in [2.05, 4.69) is 42.5 Å². The summed E-state index contributed by atoms with van der Waals surface area (Å²) in [6, 6.07) is 18.1. The van der Waals surface area contributed by atoms with Crippen molar-refractivity contribution in [3.63, 3.8) is 0 Å². The minimum absolute atomic E-state index is 0.448. The summed E-state index contributed by atoms with van der Waals surface area (Å²) in [5, 5.41) is 14.8. The van der Waals surface area contributed by atoms with Crippen molar-refractivity contribution in [1.29, 1.82) is 0 Å². The third-order valence-corrected chi connectivity index (χ3v) is 6.02. The first-order chi connectivity index (χ1) is 14.7. The van der Waals surface area contributed by atoms with Gasteiger partial charge in [-0.1, -0.05) is 52.0 Å². The average molecular weight is 481 g/mol. The molecule has 1 aliphatic rings. The molecule has 0 fully saturated rings. The SMILES string of the molecule is COc1ccc([C@@H]2Nc3ccc(Br)cc3-c3nnc(SC)nc3O2)c2ccccc12. The zero-order valence-corrected chi connectivity index (χ0v) is 18.6. The van der Waals surface area contributed by atoms with Crippen molar-refractivity contribution in [2.45, 2.75) is 11.4 Å². The first-order valence-corrected chi connectivity index (χ1v) is 11.3. The molecule has 0 aliphatic carbocycles. The van der Waals surface area contributed by atoms with Crippen LogP contribution in [-0.2, 0) is 0 Å². The van der Waals surface area contributed by atoms with Crippen molar-refractivity contribution in [2.24, 2.45) is 0 Å². The summed E-state index contributed by atoms with van der Waals surface area (Å²) in [5.74, 6) is 1.27. The monoisotopic (exact) mass is 480 g/mol. The van der Waals surface area contributed by atoms with Crippen LogP contribution in [-0.4, -0.2) is 28.5 Å². The topological polar surface area (TPSA) is 69.2 Å². The lowest BCUT2D eigenvalue weighted by Gasteiger charge is -2.21. The second-order valence-electron chi connectivity index (χ2n) is 6.69. The number of nitrogens with zero attached hydrogens (tertiary/aromatic N) is 3. The number of rotatable bonds is 3. The molecule has 1 aliphatic heterocycles. The van der Waals surface area contributed by atoms with E-state index in [1.165, 1.54) is 11.8 Å². The maximum absolute atomic E-state index is 6.40. The number of thioether (sulfide) groups is 1. The summed E-state index contributed by atoms with van der Waals surface area (Å²) in [5.41, 5.74) is 3.37. The Balaban J connectivity index is 1.72. The molecule has 0 saturated heterocycles. The minimum atomic E-state index is -0.464. The van der Waals surface area contributed by atoms with Crippen molar-refractivity contribution in [3.8, 4) is 22.9 Å². The molecular weight excluding hydrogens is 464 g/mol. The molecule has 0 saturated carbocycles. The van der Waals surface area contributed by atoms with Crippen LogP contribution in [0.25, 0.3) is 22.0 Å². The van der Waals surface area contributed by atoms with Gasteiger partial charge in [0.2, 0.25) is 11.0 Å². The van der Waals surface area contributed by atoms with E-state index in [4.69, 9.17) is 9.47 Å². The number of ether oxygens (including phenoxy) is 2. The number of methoxy groups -OCH3 is 1. The van der Waals surface area contributed by atoms with Crippen LogP contribution in [0.1, 0.15) is 11.8 Å².